The second kappa shape index (κ2) is 8.29. The smallest absolute Gasteiger partial charge is 0.265 e. The van der Waals surface area contributed by atoms with Crippen molar-refractivity contribution in [1.29, 1.82) is 0 Å². The Morgan fingerprint density at radius 2 is 1.93 bits per heavy atom. The minimum Gasteiger partial charge on any atom is -0.493 e. The van der Waals surface area contributed by atoms with Crippen molar-refractivity contribution in [3.05, 3.63) is 66.2 Å². The molecule has 1 aliphatic heterocycles. The van der Waals surface area contributed by atoms with Crippen LogP contribution in [0.4, 0.5) is 11.4 Å². The third kappa shape index (κ3) is 3.72. The van der Waals surface area contributed by atoms with Gasteiger partial charge in [-0.25, -0.2) is 0 Å². The first-order valence-corrected chi connectivity index (χ1v) is 9.66. The van der Waals surface area contributed by atoms with Crippen LogP contribution in [0.25, 0.3) is 16.8 Å². The Kier molecular flexibility index (Phi) is 5.39. The number of rotatable bonds is 5. The van der Waals surface area contributed by atoms with Crippen molar-refractivity contribution in [1.82, 2.24) is 0 Å². The SMILES string of the molecule is CC=Cc1ccc(OCC(=O)N2CC(=O)Nc3cccc4cccc2c34)c(OC)c1. The van der Waals surface area contributed by atoms with Crippen molar-refractivity contribution >= 4 is 40.0 Å². The van der Waals surface area contributed by atoms with Gasteiger partial charge in [-0.3, -0.25) is 14.5 Å². The van der Waals surface area contributed by atoms with Gasteiger partial charge in [-0.05, 0) is 42.1 Å². The summed E-state index contributed by atoms with van der Waals surface area (Å²) in [6.45, 7) is 1.64. The molecule has 0 unspecified atom stereocenters. The summed E-state index contributed by atoms with van der Waals surface area (Å²) in [4.78, 5) is 26.9. The van der Waals surface area contributed by atoms with E-state index in [1.165, 1.54) is 4.90 Å². The van der Waals surface area contributed by atoms with Crippen LogP contribution < -0.4 is 19.7 Å². The number of amides is 2. The predicted octanol–water partition coefficient (Wildman–Crippen LogP) is 4.25. The number of anilines is 2. The fraction of sp³-hybridized carbons (Fsp3) is 0.167. The molecule has 0 spiro atoms. The number of carbonyl (C=O) groups excluding carboxylic acids is 2. The van der Waals surface area contributed by atoms with Crippen LogP contribution >= 0.6 is 0 Å². The molecule has 3 aromatic rings. The van der Waals surface area contributed by atoms with E-state index >= 15 is 0 Å². The van der Waals surface area contributed by atoms with E-state index in [0.717, 1.165) is 16.3 Å². The lowest BCUT2D eigenvalue weighted by Crippen LogP contribution is -2.39. The molecule has 1 heterocycles. The zero-order valence-electron chi connectivity index (χ0n) is 16.8. The summed E-state index contributed by atoms with van der Waals surface area (Å²) >= 11 is 0. The first-order valence-electron chi connectivity index (χ1n) is 9.66. The van der Waals surface area contributed by atoms with E-state index in [1.807, 2.05) is 67.6 Å². The normalized spacial score (nSPS) is 13.3. The third-order valence-corrected chi connectivity index (χ3v) is 4.95. The molecule has 1 N–H and O–H groups in total. The monoisotopic (exact) mass is 402 g/mol. The van der Waals surface area contributed by atoms with Gasteiger partial charge in [-0.15, -0.1) is 0 Å². The summed E-state index contributed by atoms with van der Waals surface area (Å²) in [6, 6.07) is 16.9. The van der Waals surface area contributed by atoms with Crippen molar-refractivity contribution in [3.8, 4) is 11.5 Å². The highest BCUT2D eigenvalue weighted by atomic mass is 16.5. The van der Waals surface area contributed by atoms with Crippen LogP contribution in [-0.2, 0) is 9.59 Å². The Labute approximate surface area is 174 Å². The number of carbonyl (C=O) groups is 2. The van der Waals surface area contributed by atoms with Crippen LogP contribution in [-0.4, -0.2) is 32.1 Å². The zero-order valence-corrected chi connectivity index (χ0v) is 16.8. The van der Waals surface area contributed by atoms with E-state index in [-0.39, 0.29) is 25.0 Å². The first-order chi connectivity index (χ1) is 14.6. The Morgan fingerprint density at radius 3 is 2.70 bits per heavy atom. The topological polar surface area (TPSA) is 67.9 Å². The molecule has 0 saturated heterocycles. The molecule has 4 rings (SSSR count). The van der Waals surface area contributed by atoms with Crippen LogP contribution in [0, 0.1) is 0 Å². The molecule has 0 saturated carbocycles. The van der Waals surface area contributed by atoms with E-state index in [1.54, 1.807) is 13.2 Å². The molecule has 6 heteroatoms. The summed E-state index contributed by atoms with van der Waals surface area (Å²) in [7, 11) is 1.56. The fourth-order valence-corrected chi connectivity index (χ4v) is 3.61. The maximum Gasteiger partial charge on any atom is 0.265 e. The number of hydrogen-bond donors (Lipinski definition) is 1. The van der Waals surface area contributed by atoms with E-state index in [2.05, 4.69) is 5.32 Å². The quantitative estimate of drug-likeness (QED) is 0.693. The predicted molar refractivity (Wildman–Crippen MR) is 118 cm³/mol. The number of nitrogens with zero attached hydrogens (tertiary/aromatic N) is 1. The maximum atomic E-state index is 13.1. The summed E-state index contributed by atoms with van der Waals surface area (Å²) in [5.74, 6) is 0.450. The largest absolute Gasteiger partial charge is 0.493 e. The standard InChI is InChI=1S/C24H22N2O4/c1-3-6-16-11-12-20(21(13-16)29-2)30-15-23(28)26-14-22(27)25-18-9-4-7-17-8-5-10-19(26)24(17)18/h3-13H,14-15H2,1-2H3,(H,25,27). The molecule has 1 aliphatic rings. The lowest BCUT2D eigenvalue weighted by molar-refractivity contribution is -0.123. The average Bonchev–Trinajstić information content (AvgIpc) is 2.90. The molecule has 0 aromatic heterocycles. The highest BCUT2D eigenvalue weighted by Gasteiger charge is 2.26. The van der Waals surface area contributed by atoms with Gasteiger partial charge in [-0.2, -0.15) is 0 Å². The lowest BCUT2D eigenvalue weighted by Gasteiger charge is -2.22. The van der Waals surface area contributed by atoms with Gasteiger partial charge in [0, 0.05) is 5.39 Å². The molecule has 30 heavy (non-hydrogen) atoms. The van der Waals surface area contributed by atoms with Crippen LogP contribution in [0.2, 0.25) is 0 Å². The Bertz CT molecular complexity index is 1150. The Morgan fingerprint density at radius 1 is 1.13 bits per heavy atom. The molecule has 0 fully saturated rings. The van der Waals surface area contributed by atoms with Crippen molar-refractivity contribution in [3.63, 3.8) is 0 Å². The van der Waals surface area contributed by atoms with Crippen molar-refractivity contribution in [2.75, 3.05) is 30.5 Å². The first kappa shape index (κ1) is 19.5. The maximum absolute atomic E-state index is 13.1. The van der Waals surface area contributed by atoms with Gasteiger partial charge < -0.3 is 14.8 Å². The number of ether oxygens (including phenoxy) is 2. The molecule has 0 bridgehead atoms. The van der Waals surface area contributed by atoms with Crippen LogP contribution in [0.1, 0.15) is 12.5 Å². The van der Waals surface area contributed by atoms with E-state index < -0.39 is 0 Å². The Balaban J connectivity index is 1.61. The molecule has 2 amide bonds. The van der Waals surface area contributed by atoms with E-state index in [9.17, 15) is 9.59 Å². The molecule has 0 aliphatic carbocycles. The molecule has 152 valence electrons. The van der Waals surface area contributed by atoms with Gasteiger partial charge in [0.1, 0.15) is 6.54 Å². The van der Waals surface area contributed by atoms with Gasteiger partial charge in [-0.1, -0.05) is 42.5 Å². The molecular weight excluding hydrogens is 380 g/mol. The molecule has 3 aromatic carbocycles. The summed E-state index contributed by atoms with van der Waals surface area (Å²) < 4.78 is 11.2. The van der Waals surface area contributed by atoms with Gasteiger partial charge in [0.15, 0.2) is 18.1 Å². The van der Waals surface area contributed by atoms with Crippen LogP contribution in [0.15, 0.2) is 60.7 Å². The Hall–Kier alpha value is -3.80. The minimum atomic E-state index is -0.311. The van der Waals surface area contributed by atoms with E-state index in [0.29, 0.717) is 22.9 Å². The number of methoxy groups -OCH3 is 1. The third-order valence-electron chi connectivity index (χ3n) is 4.95. The number of benzene rings is 3. The van der Waals surface area contributed by atoms with Gasteiger partial charge >= 0.3 is 0 Å². The fourth-order valence-electron chi connectivity index (χ4n) is 3.61. The highest BCUT2D eigenvalue weighted by Crippen LogP contribution is 2.35. The molecule has 0 atom stereocenters. The average molecular weight is 402 g/mol. The minimum absolute atomic E-state index is 0.0760. The number of nitrogens with one attached hydrogen (secondary N) is 1. The van der Waals surface area contributed by atoms with Crippen molar-refractivity contribution < 1.29 is 19.1 Å². The van der Waals surface area contributed by atoms with E-state index in [4.69, 9.17) is 9.47 Å². The van der Waals surface area contributed by atoms with Crippen LogP contribution in [0.3, 0.4) is 0 Å². The summed E-state index contributed by atoms with van der Waals surface area (Å²) in [6.07, 6.45) is 3.88. The van der Waals surface area contributed by atoms with Crippen molar-refractivity contribution in [2.45, 2.75) is 6.92 Å². The number of hydrogen-bond acceptors (Lipinski definition) is 4. The lowest BCUT2D eigenvalue weighted by atomic mass is 10.1. The molecule has 6 nitrogen and oxygen atoms in total. The summed E-state index contributed by atoms with van der Waals surface area (Å²) in [5.41, 5.74) is 2.36. The molecular formula is C24H22N2O4. The number of allylic oxidation sites excluding steroid dienone is 1. The highest BCUT2D eigenvalue weighted by molar-refractivity contribution is 6.16. The van der Waals surface area contributed by atoms with Crippen molar-refractivity contribution in [2.24, 2.45) is 0 Å². The zero-order chi connectivity index (χ0) is 21.1. The van der Waals surface area contributed by atoms with Gasteiger partial charge in [0.2, 0.25) is 5.91 Å². The summed E-state index contributed by atoms with van der Waals surface area (Å²) in [5, 5.41) is 4.67. The molecule has 0 radical (unpaired) electrons. The second-order valence-electron chi connectivity index (χ2n) is 6.91. The van der Waals surface area contributed by atoms with Gasteiger partial charge in [0.05, 0.1) is 18.5 Å². The van der Waals surface area contributed by atoms with Crippen LogP contribution in [0.5, 0.6) is 11.5 Å². The second-order valence-corrected chi connectivity index (χ2v) is 6.91. The van der Waals surface area contributed by atoms with Gasteiger partial charge in [0.25, 0.3) is 5.91 Å².